The maximum Gasteiger partial charge on any atom is 0.223 e. The lowest BCUT2D eigenvalue weighted by molar-refractivity contribution is -0.122. The van der Waals surface area contributed by atoms with Gasteiger partial charge in [0.25, 0.3) is 0 Å². The molecule has 1 saturated carbocycles. The molecule has 24 heavy (non-hydrogen) atoms. The van der Waals surface area contributed by atoms with Crippen molar-refractivity contribution in [3.63, 3.8) is 0 Å². The second-order valence-corrected chi connectivity index (χ2v) is 7.35. The molecule has 3 aliphatic rings. The first-order chi connectivity index (χ1) is 11.8. The third-order valence-corrected chi connectivity index (χ3v) is 5.64. The number of aliphatic hydroxyl groups excluding tert-OH is 1. The first-order valence-electron chi connectivity index (χ1n) is 9.20. The molecule has 0 spiro atoms. The minimum Gasteiger partial charge on any atom is -0.395 e. The Morgan fingerprint density at radius 1 is 1.21 bits per heavy atom. The van der Waals surface area contributed by atoms with Gasteiger partial charge in [0, 0.05) is 30.5 Å². The maximum absolute atomic E-state index is 11.8. The highest BCUT2D eigenvalue weighted by Crippen LogP contribution is 2.34. The number of benzene rings is 1. The first-order valence-corrected chi connectivity index (χ1v) is 9.20. The predicted octanol–water partition coefficient (Wildman–Crippen LogP) is 2.20. The maximum atomic E-state index is 11.8. The molecule has 1 saturated heterocycles. The summed E-state index contributed by atoms with van der Waals surface area (Å²) in [4.78, 5) is 11.8. The van der Waals surface area contributed by atoms with Gasteiger partial charge < -0.3 is 15.7 Å². The number of carbonyl (C=O) groups excluding carboxylic acids is 1. The van der Waals surface area contributed by atoms with Crippen molar-refractivity contribution in [1.82, 2.24) is 10.6 Å². The fraction of sp³-hybridized carbons (Fsp3) is 0.550. The Morgan fingerprint density at radius 2 is 2.00 bits per heavy atom. The van der Waals surface area contributed by atoms with E-state index < -0.39 is 0 Å². The topological polar surface area (TPSA) is 61.4 Å². The Morgan fingerprint density at radius 3 is 2.62 bits per heavy atom. The smallest absolute Gasteiger partial charge is 0.223 e. The summed E-state index contributed by atoms with van der Waals surface area (Å²) >= 11 is 0. The Labute approximate surface area is 143 Å². The molecular weight excluding hydrogens is 300 g/mol. The van der Waals surface area contributed by atoms with E-state index in [2.05, 4.69) is 41.0 Å². The third kappa shape index (κ3) is 3.13. The Balaban J connectivity index is 1.42. The summed E-state index contributed by atoms with van der Waals surface area (Å²) in [7, 11) is 0. The number of rotatable bonds is 6. The third-order valence-electron chi connectivity index (χ3n) is 5.64. The van der Waals surface area contributed by atoms with Crippen LogP contribution in [0.1, 0.15) is 49.1 Å². The molecule has 1 amide bonds. The van der Waals surface area contributed by atoms with Crippen molar-refractivity contribution in [2.75, 3.05) is 13.2 Å². The van der Waals surface area contributed by atoms with E-state index in [1.54, 1.807) is 0 Å². The molecule has 0 bridgehead atoms. The number of allylic oxidation sites excluding steroid dienone is 2. The van der Waals surface area contributed by atoms with Crippen LogP contribution in [0.4, 0.5) is 0 Å². The van der Waals surface area contributed by atoms with Crippen LogP contribution in [-0.4, -0.2) is 36.2 Å². The molecule has 2 fully saturated rings. The van der Waals surface area contributed by atoms with Crippen LogP contribution in [0.15, 0.2) is 30.3 Å². The molecule has 2 aliphatic carbocycles. The van der Waals surface area contributed by atoms with Crippen molar-refractivity contribution >= 4 is 11.5 Å². The van der Waals surface area contributed by atoms with E-state index in [0.717, 1.165) is 12.8 Å². The van der Waals surface area contributed by atoms with Crippen molar-refractivity contribution in [2.24, 2.45) is 5.92 Å². The van der Waals surface area contributed by atoms with Crippen LogP contribution in [-0.2, 0) is 4.79 Å². The Bertz CT molecular complexity index is 634. The Hall–Kier alpha value is -1.65. The van der Waals surface area contributed by atoms with E-state index in [1.165, 1.54) is 36.0 Å². The summed E-state index contributed by atoms with van der Waals surface area (Å²) in [5.74, 6) is 0.698. The van der Waals surface area contributed by atoms with Gasteiger partial charge in [-0.1, -0.05) is 30.3 Å². The first kappa shape index (κ1) is 15.9. The number of nitrogens with one attached hydrogen (secondary N) is 2. The second-order valence-electron chi connectivity index (χ2n) is 7.35. The standard InChI is InChI=1S/C20H26N2O2/c23-12-18-19(17(22-18)11-21-20(24)16-9-10-16)15-7-5-14(6-8-15)13-3-1-2-4-13/h3,5-8,16-19,22-23H,1-2,4,9-12H2,(H,21,24)/t17-,18+,19+/m0/s1. The van der Waals surface area contributed by atoms with Crippen molar-refractivity contribution in [3.05, 3.63) is 41.5 Å². The van der Waals surface area contributed by atoms with Crippen LogP contribution in [0.25, 0.3) is 5.57 Å². The van der Waals surface area contributed by atoms with E-state index in [4.69, 9.17) is 0 Å². The molecule has 3 N–H and O–H groups in total. The summed E-state index contributed by atoms with van der Waals surface area (Å²) in [5.41, 5.74) is 4.03. The molecule has 4 nitrogen and oxygen atoms in total. The van der Waals surface area contributed by atoms with E-state index >= 15 is 0 Å². The zero-order chi connectivity index (χ0) is 16.5. The highest BCUT2D eigenvalue weighted by atomic mass is 16.3. The van der Waals surface area contributed by atoms with Crippen LogP contribution in [0, 0.1) is 5.92 Å². The minimum atomic E-state index is 0.0874. The van der Waals surface area contributed by atoms with Crippen LogP contribution < -0.4 is 10.6 Å². The van der Waals surface area contributed by atoms with Gasteiger partial charge in [-0.05, 0) is 48.8 Å². The van der Waals surface area contributed by atoms with Gasteiger partial charge in [0.05, 0.1) is 6.61 Å². The molecule has 3 atom stereocenters. The van der Waals surface area contributed by atoms with Gasteiger partial charge in [-0.2, -0.15) is 0 Å². The van der Waals surface area contributed by atoms with Gasteiger partial charge in [-0.3, -0.25) is 4.79 Å². The molecule has 0 unspecified atom stereocenters. The van der Waals surface area contributed by atoms with Gasteiger partial charge in [0.1, 0.15) is 0 Å². The highest BCUT2D eigenvalue weighted by Gasteiger charge is 2.41. The number of hydrogen-bond donors (Lipinski definition) is 3. The molecular formula is C20H26N2O2. The molecule has 128 valence electrons. The molecule has 1 heterocycles. The molecule has 1 aliphatic heterocycles. The van der Waals surface area contributed by atoms with Crippen molar-refractivity contribution in [1.29, 1.82) is 0 Å². The van der Waals surface area contributed by atoms with Crippen LogP contribution in [0.3, 0.4) is 0 Å². The summed E-state index contributed by atoms with van der Waals surface area (Å²) in [6, 6.07) is 9.10. The lowest BCUT2D eigenvalue weighted by atomic mass is 9.77. The van der Waals surface area contributed by atoms with E-state index in [-0.39, 0.29) is 36.4 Å². The zero-order valence-electron chi connectivity index (χ0n) is 14.0. The summed E-state index contributed by atoms with van der Waals surface area (Å²) in [5, 5.41) is 16.0. The highest BCUT2D eigenvalue weighted by molar-refractivity contribution is 5.80. The van der Waals surface area contributed by atoms with Crippen molar-refractivity contribution in [2.45, 2.75) is 50.1 Å². The lowest BCUT2D eigenvalue weighted by Crippen LogP contribution is -2.64. The lowest BCUT2D eigenvalue weighted by Gasteiger charge is -2.46. The van der Waals surface area contributed by atoms with Gasteiger partial charge in [0.15, 0.2) is 0 Å². The van der Waals surface area contributed by atoms with Gasteiger partial charge in [-0.15, -0.1) is 0 Å². The number of hydrogen-bond acceptors (Lipinski definition) is 3. The van der Waals surface area contributed by atoms with Gasteiger partial charge in [0.2, 0.25) is 5.91 Å². The fourth-order valence-electron chi connectivity index (χ4n) is 4.01. The number of amides is 1. The molecule has 0 aromatic heterocycles. The predicted molar refractivity (Wildman–Crippen MR) is 94.5 cm³/mol. The largest absolute Gasteiger partial charge is 0.395 e. The monoisotopic (exact) mass is 326 g/mol. The SMILES string of the molecule is O=C(NC[C@@H]1N[C@H](CO)[C@@H]1c1ccc(C2=CCCC2)cc1)C1CC1. The van der Waals surface area contributed by atoms with Crippen molar-refractivity contribution < 1.29 is 9.90 Å². The molecule has 1 aromatic rings. The molecule has 0 radical (unpaired) electrons. The van der Waals surface area contributed by atoms with Crippen LogP contribution in [0.5, 0.6) is 0 Å². The normalized spacial score (nSPS) is 29.0. The molecule has 4 rings (SSSR count). The summed E-state index contributed by atoms with van der Waals surface area (Å²) in [6.07, 6.45) is 8.04. The zero-order valence-corrected chi connectivity index (χ0v) is 14.0. The summed E-state index contributed by atoms with van der Waals surface area (Å²) < 4.78 is 0. The Kier molecular flexibility index (Phi) is 4.42. The van der Waals surface area contributed by atoms with E-state index in [1.807, 2.05) is 0 Å². The average molecular weight is 326 g/mol. The van der Waals surface area contributed by atoms with E-state index in [0.29, 0.717) is 6.54 Å². The molecule has 4 heteroatoms. The van der Waals surface area contributed by atoms with Gasteiger partial charge in [-0.25, -0.2) is 0 Å². The fourth-order valence-corrected chi connectivity index (χ4v) is 4.01. The number of aliphatic hydroxyl groups is 1. The van der Waals surface area contributed by atoms with Crippen LogP contribution >= 0.6 is 0 Å². The molecule has 1 aromatic carbocycles. The minimum absolute atomic E-state index is 0.0874. The summed E-state index contributed by atoms with van der Waals surface area (Å²) in [6.45, 7) is 0.772. The van der Waals surface area contributed by atoms with Crippen molar-refractivity contribution in [3.8, 4) is 0 Å². The van der Waals surface area contributed by atoms with Crippen LogP contribution in [0.2, 0.25) is 0 Å². The van der Waals surface area contributed by atoms with Gasteiger partial charge >= 0.3 is 0 Å². The van der Waals surface area contributed by atoms with E-state index in [9.17, 15) is 9.90 Å². The average Bonchev–Trinajstić information content (AvgIpc) is 3.29. The second kappa shape index (κ2) is 6.69. The number of carbonyl (C=O) groups is 1. The quantitative estimate of drug-likeness (QED) is 0.751.